The van der Waals surface area contributed by atoms with E-state index in [4.69, 9.17) is 0 Å². The lowest BCUT2D eigenvalue weighted by Crippen LogP contribution is -2.22. The van der Waals surface area contributed by atoms with Crippen molar-refractivity contribution in [2.75, 3.05) is 5.32 Å². The normalized spacial score (nSPS) is 11.9. The first-order chi connectivity index (χ1) is 9.15. The molecular formula is C14H14FN3O. The standard InChI is InChI=1S/C14H14FN3O/c1-10(7-11-3-2-4-12(15)8-11)14(19)18-13-9-16-5-6-17-13/h2-6,8-10H,7H2,1H3,(H,17,18,19)/t10-/m1/s1. The molecule has 1 atom stereocenters. The maximum Gasteiger partial charge on any atom is 0.228 e. The average Bonchev–Trinajstić information content (AvgIpc) is 2.40. The van der Waals surface area contributed by atoms with Crippen LogP contribution in [0.5, 0.6) is 0 Å². The Morgan fingerprint density at radius 1 is 1.42 bits per heavy atom. The van der Waals surface area contributed by atoms with Crippen LogP contribution < -0.4 is 5.32 Å². The lowest BCUT2D eigenvalue weighted by molar-refractivity contribution is -0.119. The molecule has 1 aromatic heterocycles. The minimum Gasteiger partial charge on any atom is -0.309 e. The molecule has 1 N–H and O–H groups in total. The Hall–Kier alpha value is -2.30. The highest BCUT2D eigenvalue weighted by atomic mass is 19.1. The number of anilines is 1. The van der Waals surface area contributed by atoms with Crippen LogP contribution in [-0.2, 0) is 11.2 Å². The van der Waals surface area contributed by atoms with Gasteiger partial charge in [-0.3, -0.25) is 9.78 Å². The number of nitrogens with one attached hydrogen (secondary N) is 1. The highest BCUT2D eigenvalue weighted by Gasteiger charge is 2.14. The van der Waals surface area contributed by atoms with E-state index in [0.29, 0.717) is 12.2 Å². The smallest absolute Gasteiger partial charge is 0.228 e. The van der Waals surface area contributed by atoms with Gasteiger partial charge in [-0.25, -0.2) is 9.37 Å². The van der Waals surface area contributed by atoms with Crippen molar-refractivity contribution in [1.29, 1.82) is 0 Å². The van der Waals surface area contributed by atoms with Crippen LogP contribution in [0, 0.1) is 11.7 Å². The quantitative estimate of drug-likeness (QED) is 0.917. The Balaban J connectivity index is 1.96. The summed E-state index contributed by atoms with van der Waals surface area (Å²) in [6.45, 7) is 1.79. The van der Waals surface area contributed by atoms with Crippen molar-refractivity contribution in [3.8, 4) is 0 Å². The molecule has 2 aromatic rings. The molecule has 0 aliphatic carbocycles. The molecule has 0 fully saturated rings. The van der Waals surface area contributed by atoms with E-state index in [-0.39, 0.29) is 17.6 Å². The van der Waals surface area contributed by atoms with Gasteiger partial charge in [-0.05, 0) is 24.1 Å². The number of aromatic nitrogens is 2. The number of halogens is 1. The molecule has 0 unspecified atom stereocenters. The molecule has 5 heteroatoms. The average molecular weight is 259 g/mol. The number of benzene rings is 1. The predicted molar refractivity (Wildman–Crippen MR) is 69.9 cm³/mol. The topological polar surface area (TPSA) is 54.9 Å². The number of amides is 1. The van der Waals surface area contributed by atoms with Crippen molar-refractivity contribution in [3.63, 3.8) is 0 Å². The summed E-state index contributed by atoms with van der Waals surface area (Å²) in [6.07, 6.45) is 5.00. The summed E-state index contributed by atoms with van der Waals surface area (Å²) in [5.41, 5.74) is 0.793. The number of nitrogens with zero attached hydrogens (tertiary/aromatic N) is 2. The SMILES string of the molecule is C[C@H](Cc1cccc(F)c1)C(=O)Nc1cnccn1. The Kier molecular flexibility index (Phi) is 4.18. The summed E-state index contributed by atoms with van der Waals surface area (Å²) in [5, 5.41) is 2.67. The highest BCUT2D eigenvalue weighted by molar-refractivity contribution is 5.91. The van der Waals surface area contributed by atoms with Crippen molar-refractivity contribution in [3.05, 3.63) is 54.2 Å². The van der Waals surface area contributed by atoms with E-state index in [1.165, 1.54) is 30.7 Å². The van der Waals surface area contributed by atoms with Crippen LogP contribution in [0.2, 0.25) is 0 Å². The van der Waals surface area contributed by atoms with Crippen LogP contribution in [0.1, 0.15) is 12.5 Å². The van der Waals surface area contributed by atoms with Crippen LogP contribution in [-0.4, -0.2) is 15.9 Å². The van der Waals surface area contributed by atoms with E-state index < -0.39 is 0 Å². The second kappa shape index (κ2) is 6.04. The third-order valence-corrected chi connectivity index (χ3v) is 2.69. The molecule has 4 nitrogen and oxygen atoms in total. The second-order valence-corrected chi connectivity index (χ2v) is 4.31. The first-order valence-corrected chi connectivity index (χ1v) is 5.96. The summed E-state index contributed by atoms with van der Waals surface area (Å²) in [7, 11) is 0. The Bertz CT molecular complexity index is 560. The number of carbonyl (C=O) groups is 1. The van der Waals surface area contributed by atoms with Crippen molar-refractivity contribution >= 4 is 11.7 Å². The van der Waals surface area contributed by atoms with E-state index in [0.717, 1.165) is 5.56 Å². The maximum absolute atomic E-state index is 13.0. The van der Waals surface area contributed by atoms with Gasteiger partial charge in [0.1, 0.15) is 5.82 Å². The zero-order valence-electron chi connectivity index (χ0n) is 10.5. The van der Waals surface area contributed by atoms with E-state index in [2.05, 4.69) is 15.3 Å². The second-order valence-electron chi connectivity index (χ2n) is 4.31. The summed E-state index contributed by atoms with van der Waals surface area (Å²) >= 11 is 0. The number of rotatable bonds is 4. The minimum absolute atomic E-state index is 0.162. The third kappa shape index (κ3) is 3.84. The van der Waals surface area contributed by atoms with Crippen molar-refractivity contribution in [2.24, 2.45) is 5.92 Å². The van der Waals surface area contributed by atoms with Crippen molar-refractivity contribution in [1.82, 2.24) is 9.97 Å². The Morgan fingerprint density at radius 2 is 2.26 bits per heavy atom. The summed E-state index contributed by atoms with van der Waals surface area (Å²) in [4.78, 5) is 19.8. The van der Waals surface area contributed by atoms with Gasteiger partial charge in [0, 0.05) is 18.3 Å². The van der Waals surface area contributed by atoms with Crippen LogP contribution in [0.3, 0.4) is 0 Å². The number of hydrogen-bond acceptors (Lipinski definition) is 3. The zero-order valence-corrected chi connectivity index (χ0v) is 10.5. The Labute approximate surface area is 110 Å². The largest absolute Gasteiger partial charge is 0.309 e. The van der Waals surface area contributed by atoms with Crippen LogP contribution in [0.4, 0.5) is 10.2 Å². The van der Waals surface area contributed by atoms with Gasteiger partial charge in [0.15, 0.2) is 5.82 Å². The Morgan fingerprint density at radius 3 is 2.95 bits per heavy atom. The molecule has 0 radical (unpaired) electrons. The molecule has 0 saturated heterocycles. The zero-order chi connectivity index (χ0) is 13.7. The van der Waals surface area contributed by atoms with Gasteiger partial charge in [0.05, 0.1) is 6.20 Å². The lowest BCUT2D eigenvalue weighted by Gasteiger charge is -2.11. The van der Waals surface area contributed by atoms with Gasteiger partial charge in [0.2, 0.25) is 5.91 Å². The first-order valence-electron chi connectivity index (χ1n) is 5.96. The van der Waals surface area contributed by atoms with Crippen LogP contribution in [0.25, 0.3) is 0 Å². The molecule has 2 rings (SSSR count). The maximum atomic E-state index is 13.0. The molecule has 0 saturated carbocycles. The molecule has 0 spiro atoms. The fourth-order valence-corrected chi connectivity index (χ4v) is 1.72. The molecule has 1 aromatic carbocycles. The molecule has 0 aliphatic rings. The van der Waals surface area contributed by atoms with E-state index in [1.54, 1.807) is 19.1 Å². The summed E-state index contributed by atoms with van der Waals surface area (Å²) in [5.74, 6) is -0.314. The fraction of sp³-hybridized carbons (Fsp3) is 0.214. The first kappa shape index (κ1) is 13.1. The van der Waals surface area contributed by atoms with E-state index in [9.17, 15) is 9.18 Å². The number of hydrogen-bond donors (Lipinski definition) is 1. The molecule has 98 valence electrons. The van der Waals surface area contributed by atoms with Gasteiger partial charge in [0.25, 0.3) is 0 Å². The molecule has 1 heterocycles. The molecule has 19 heavy (non-hydrogen) atoms. The predicted octanol–water partition coefficient (Wildman–Crippen LogP) is 2.43. The van der Waals surface area contributed by atoms with Gasteiger partial charge in [-0.15, -0.1) is 0 Å². The van der Waals surface area contributed by atoms with Gasteiger partial charge in [-0.1, -0.05) is 19.1 Å². The van der Waals surface area contributed by atoms with E-state index in [1.807, 2.05) is 0 Å². The van der Waals surface area contributed by atoms with Gasteiger partial charge < -0.3 is 5.32 Å². The van der Waals surface area contributed by atoms with Crippen molar-refractivity contribution < 1.29 is 9.18 Å². The van der Waals surface area contributed by atoms with E-state index >= 15 is 0 Å². The summed E-state index contributed by atoms with van der Waals surface area (Å²) < 4.78 is 13.0. The molecule has 0 aliphatic heterocycles. The molecular weight excluding hydrogens is 245 g/mol. The van der Waals surface area contributed by atoms with Crippen molar-refractivity contribution in [2.45, 2.75) is 13.3 Å². The summed E-state index contributed by atoms with van der Waals surface area (Å²) in [6, 6.07) is 6.26. The number of carbonyl (C=O) groups excluding carboxylic acids is 1. The van der Waals surface area contributed by atoms with Gasteiger partial charge >= 0.3 is 0 Å². The highest BCUT2D eigenvalue weighted by Crippen LogP contribution is 2.12. The molecule has 1 amide bonds. The minimum atomic E-state index is -0.293. The monoisotopic (exact) mass is 259 g/mol. The third-order valence-electron chi connectivity index (χ3n) is 2.69. The van der Waals surface area contributed by atoms with Crippen LogP contribution >= 0.6 is 0 Å². The fourth-order valence-electron chi connectivity index (χ4n) is 1.72. The lowest BCUT2D eigenvalue weighted by atomic mass is 10.0. The molecule has 0 bridgehead atoms. The van der Waals surface area contributed by atoms with Gasteiger partial charge in [-0.2, -0.15) is 0 Å². The van der Waals surface area contributed by atoms with Crippen LogP contribution in [0.15, 0.2) is 42.9 Å².